The smallest absolute Gasteiger partial charge is 0.333 e. The molecule has 0 aromatic carbocycles. The van der Waals surface area contributed by atoms with Crippen molar-refractivity contribution < 1.29 is 9.18 Å². The molecule has 0 unspecified atom stereocenters. The number of aryl methyl sites for hydroxylation is 1. The number of carbonyl (C=O) groups is 1. The first-order valence-electron chi connectivity index (χ1n) is 4.61. The summed E-state index contributed by atoms with van der Waals surface area (Å²) in [6, 6.07) is -0.806. The predicted molar refractivity (Wildman–Crippen MR) is 55.4 cm³/mol. The lowest BCUT2D eigenvalue weighted by molar-refractivity contribution is 0.218. The van der Waals surface area contributed by atoms with Crippen LogP contribution < -0.4 is 16.8 Å². The molecule has 0 radical (unpaired) electrons. The van der Waals surface area contributed by atoms with Crippen molar-refractivity contribution in [1.82, 2.24) is 19.8 Å². The average molecular weight is 231 g/mol. The van der Waals surface area contributed by atoms with E-state index in [0.717, 1.165) is 4.68 Å². The number of hydrogen-bond acceptors (Lipinski definition) is 4. The summed E-state index contributed by atoms with van der Waals surface area (Å²) in [4.78, 5) is 22.9. The van der Waals surface area contributed by atoms with E-state index in [1.165, 1.54) is 20.8 Å². The summed E-state index contributed by atoms with van der Waals surface area (Å²) in [5, 5.41) is 5.96. The number of nitrogens with zero attached hydrogens (tertiary/aromatic N) is 3. The number of halogens is 1. The Bertz CT molecular complexity index is 461. The second kappa shape index (κ2) is 3.95. The van der Waals surface area contributed by atoms with E-state index in [9.17, 15) is 14.0 Å². The summed E-state index contributed by atoms with van der Waals surface area (Å²) in [5.41, 5.74) is -1.83. The minimum Gasteiger partial charge on any atom is -0.333 e. The lowest BCUT2D eigenvalue weighted by atomic mass is 10.1. The van der Waals surface area contributed by atoms with Crippen molar-refractivity contribution in [3.63, 3.8) is 0 Å². The summed E-state index contributed by atoms with van der Waals surface area (Å²) in [6.45, 7) is 3.70. The van der Waals surface area contributed by atoms with Crippen molar-refractivity contribution in [3.8, 4) is 0 Å². The molecule has 8 heteroatoms. The maximum Gasteiger partial charge on any atom is 0.373 e. The lowest BCUT2D eigenvalue weighted by Gasteiger charge is -2.21. The molecule has 16 heavy (non-hydrogen) atoms. The average Bonchev–Trinajstić information content (AvgIpc) is 2.45. The summed E-state index contributed by atoms with van der Waals surface area (Å²) in [5.74, 6) is 5.50. The van der Waals surface area contributed by atoms with Gasteiger partial charge in [-0.3, -0.25) is 0 Å². The molecule has 3 N–H and O–H groups in total. The molecule has 1 heterocycles. The Kier molecular flexibility index (Phi) is 3.02. The molecule has 90 valence electrons. The second-order valence-corrected chi connectivity index (χ2v) is 4.06. The van der Waals surface area contributed by atoms with Gasteiger partial charge >= 0.3 is 11.7 Å². The Morgan fingerprint density at radius 1 is 1.62 bits per heavy atom. The van der Waals surface area contributed by atoms with Crippen LogP contribution in [0.25, 0.3) is 0 Å². The number of hydrogen-bond donors (Lipinski definition) is 2. The zero-order chi connectivity index (χ0) is 12.5. The Morgan fingerprint density at radius 2 is 2.19 bits per heavy atom. The van der Waals surface area contributed by atoms with Crippen LogP contribution >= 0.6 is 0 Å². The van der Waals surface area contributed by atoms with Crippen LogP contribution in [0.15, 0.2) is 4.79 Å². The molecule has 1 aromatic rings. The van der Waals surface area contributed by atoms with Crippen LogP contribution in [0.1, 0.15) is 19.7 Å². The van der Waals surface area contributed by atoms with Gasteiger partial charge in [-0.15, -0.1) is 9.78 Å². The van der Waals surface area contributed by atoms with Crippen LogP contribution in [0.4, 0.5) is 9.18 Å². The normalized spacial score (nSPS) is 11.5. The molecule has 1 amide bonds. The van der Waals surface area contributed by atoms with E-state index in [2.05, 4.69) is 10.4 Å². The predicted octanol–water partition coefficient (Wildman–Crippen LogP) is -0.627. The minimum atomic E-state index is -1.05. The number of carbonyl (C=O) groups excluding carboxylic acids is 1. The van der Waals surface area contributed by atoms with Gasteiger partial charge in [-0.2, -0.15) is 4.68 Å². The van der Waals surface area contributed by atoms with Crippen molar-refractivity contribution >= 4 is 6.03 Å². The zero-order valence-corrected chi connectivity index (χ0v) is 9.32. The highest BCUT2D eigenvalue weighted by Crippen LogP contribution is 2.02. The van der Waals surface area contributed by atoms with Gasteiger partial charge in [0.15, 0.2) is 5.82 Å². The second-order valence-electron chi connectivity index (χ2n) is 4.06. The van der Waals surface area contributed by atoms with Gasteiger partial charge in [-0.25, -0.2) is 14.0 Å². The SMILES string of the molecule is Cc1nn(C(=O)NC(C)(C)CF)c(=O)n1N. The van der Waals surface area contributed by atoms with Gasteiger partial charge in [0.1, 0.15) is 6.67 Å². The van der Waals surface area contributed by atoms with E-state index in [1.54, 1.807) is 0 Å². The minimum absolute atomic E-state index is 0.193. The fraction of sp³-hybridized carbons (Fsp3) is 0.625. The highest BCUT2D eigenvalue weighted by atomic mass is 19.1. The maximum absolute atomic E-state index is 12.5. The van der Waals surface area contributed by atoms with E-state index in [4.69, 9.17) is 5.84 Å². The van der Waals surface area contributed by atoms with Crippen LogP contribution in [0.3, 0.4) is 0 Å². The first kappa shape index (κ1) is 12.2. The van der Waals surface area contributed by atoms with E-state index in [1.807, 2.05) is 0 Å². The Morgan fingerprint density at radius 3 is 2.56 bits per heavy atom. The molecular formula is C8H14FN5O2. The molecule has 1 aromatic heterocycles. The molecule has 1 rings (SSSR count). The monoisotopic (exact) mass is 231 g/mol. The fourth-order valence-corrected chi connectivity index (χ4v) is 0.984. The van der Waals surface area contributed by atoms with Gasteiger partial charge in [0.25, 0.3) is 0 Å². The third-order valence-electron chi connectivity index (χ3n) is 1.95. The molecule has 0 fully saturated rings. The third kappa shape index (κ3) is 2.20. The van der Waals surface area contributed by atoms with Crippen molar-refractivity contribution in [2.75, 3.05) is 12.5 Å². The van der Waals surface area contributed by atoms with Crippen molar-refractivity contribution in [2.24, 2.45) is 0 Å². The summed E-state index contributed by atoms with van der Waals surface area (Å²) in [6.07, 6.45) is 0. The van der Waals surface area contributed by atoms with E-state index >= 15 is 0 Å². The lowest BCUT2D eigenvalue weighted by Crippen LogP contribution is -2.50. The number of nitrogen functional groups attached to an aromatic ring is 1. The number of amides is 1. The molecule has 0 saturated heterocycles. The van der Waals surface area contributed by atoms with E-state index < -0.39 is 23.9 Å². The number of nitrogens with one attached hydrogen (secondary N) is 1. The zero-order valence-electron chi connectivity index (χ0n) is 9.32. The topological polar surface area (TPSA) is 94.9 Å². The Labute approximate surface area is 91.0 Å². The van der Waals surface area contributed by atoms with Crippen LogP contribution in [0.2, 0.25) is 0 Å². The van der Waals surface area contributed by atoms with Crippen molar-refractivity contribution in [2.45, 2.75) is 26.3 Å². The van der Waals surface area contributed by atoms with Crippen LogP contribution in [0.5, 0.6) is 0 Å². The molecule has 0 aliphatic heterocycles. The quantitative estimate of drug-likeness (QED) is 0.663. The molecule has 0 atom stereocenters. The van der Waals surface area contributed by atoms with Crippen molar-refractivity contribution in [3.05, 3.63) is 16.3 Å². The summed E-state index contributed by atoms with van der Waals surface area (Å²) in [7, 11) is 0. The fourth-order valence-electron chi connectivity index (χ4n) is 0.984. The van der Waals surface area contributed by atoms with Crippen LogP contribution in [-0.4, -0.2) is 32.7 Å². The summed E-state index contributed by atoms with van der Waals surface area (Å²) >= 11 is 0. The number of alkyl halides is 1. The van der Waals surface area contributed by atoms with Gasteiger partial charge in [0.2, 0.25) is 0 Å². The molecular weight excluding hydrogens is 217 g/mol. The molecule has 0 aliphatic carbocycles. The van der Waals surface area contributed by atoms with E-state index in [0.29, 0.717) is 4.68 Å². The third-order valence-corrected chi connectivity index (χ3v) is 1.95. The Balaban J connectivity index is 2.99. The van der Waals surface area contributed by atoms with Gasteiger partial charge in [0.05, 0.1) is 5.54 Å². The number of aromatic nitrogens is 3. The van der Waals surface area contributed by atoms with Crippen LogP contribution in [-0.2, 0) is 0 Å². The first-order valence-corrected chi connectivity index (χ1v) is 4.61. The highest BCUT2D eigenvalue weighted by molar-refractivity contribution is 5.76. The van der Waals surface area contributed by atoms with Gasteiger partial charge in [0, 0.05) is 0 Å². The molecule has 0 aliphatic rings. The van der Waals surface area contributed by atoms with E-state index in [-0.39, 0.29) is 5.82 Å². The Hall–Kier alpha value is -1.86. The molecule has 0 saturated carbocycles. The molecule has 0 bridgehead atoms. The number of nitrogens with two attached hydrogens (primary N) is 1. The van der Waals surface area contributed by atoms with Gasteiger partial charge in [-0.05, 0) is 20.8 Å². The summed E-state index contributed by atoms with van der Waals surface area (Å²) < 4.78 is 13.8. The number of rotatable bonds is 2. The highest BCUT2D eigenvalue weighted by Gasteiger charge is 2.23. The van der Waals surface area contributed by atoms with Crippen LogP contribution in [0, 0.1) is 6.92 Å². The largest absolute Gasteiger partial charge is 0.373 e. The van der Waals surface area contributed by atoms with Gasteiger partial charge in [-0.1, -0.05) is 0 Å². The molecule has 7 nitrogen and oxygen atoms in total. The standard InChI is InChI=1S/C8H14FN5O2/c1-5-12-14(7(16)13(5)10)6(15)11-8(2,3)4-9/h4,10H2,1-3H3,(H,11,15). The molecule has 0 spiro atoms. The van der Waals surface area contributed by atoms with Crippen molar-refractivity contribution in [1.29, 1.82) is 0 Å². The maximum atomic E-state index is 12.5. The first-order chi connectivity index (χ1) is 7.28. The van der Waals surface area contributed by atoms with Gasteiger partial charge < -0.3 is 11.2 Å².